The largest absolute Gasteiger partial charge is 0.432 e. The molecule has 29 heavy (non-hydrogen) atoms. The van der Waals surface area contributed by atoms with Gasteiger partial charge >= 0.3 is 9.28 Å². The van der Waals surface area contributed by atoms with Gasteiger partial charge in [-0.15, -0.1) is 6.58 Å². The van der Waals surface area contributed by atoms with Crippen LogP contribution in [-0.2, 0) is 9.53 Å². The molecule has 0 amide bonds. The second-order valence-electron chi connectivity index (χ2n) is 7.74. The number of hydrogen-bond donors (Lipinski definition) is 1. The van der Waals surface area contributed by atoms with Gasteiger partial charge in [-0.1, -0.05) is 86.3 Å². The average Bonchev–Trinajstić information content (AvgIpc) is 2.98. The van der Waals surface area contributed by atoms with Gasteiger partial charge in [-0.05, 0) is 50.7 Å². The Morgan fingerprint density at radius 3 is 2.38 bits per heavy atom. The standard InChI is InChI=1S/C25H24O2Si2/c1-4-28-27-29(26)16-15-18-9-11-19(12-10-18)20-13-14-22-21-7-5-6-8-23(21)25(2,3)24(22)17-20/h4-17,26,29H,1H2,2-3H3/b16-15+. The number of benzene rings is 3. The molecule has 1 N–H and O–H groups in total. The Bertz CT molecular complexity index is 1070. The van der Waals surface area contributed by atoms with Crippen molar-refractivity contribution >= 4 is 25.1 Å². The number of fused-ring (bicyclic) bond motifs is 3. The molecule has 0 spiro atoms. The van der Waals surface area contributed by atoms with Crippen LogP contribution in [0.5, 0.6) is 0 Å². The lowest BCUT2D eigenvalue weighted by atomic mass is 9.81. The van der Waals surface area contributed by atoms with Crippen LogP contribution < -0.4 is 0 Å². The molecule has 1 unspecified atom stereocenters. The predicted molar refractivity (Wildman–Crippen MR) is 125 cm³/mol. The minimum atomic E-state index is -2.25. The third-order valence-corrected chi connectivity index (χ3v) is 7.75. The molecule has 2 radical (unpaired) electrons. The van der Waals surface area contributed by atoms with Crippen LogP contribution in [0.25, 0.3) is 28.3 Å². The third-order valence-electron chi connectivity index (χ3n) is 5.55. The van der Waals surface area contributed by atoms with Crippen LogP contribution in [0.2, 0.25) is 0 Å². The highest BCUT2D eigenvalue weighted by Crippen LogP contribution is 2.49. The summed E-state index contributed by atoms with van der Waals surface area (Å²) in [5, 5.41) is 0. The lowest BCUT2D eigenvalue weighted by Crippen LogP contribution is -2.16. The maximum absolute atomic E-state index is 9.88. The summed E-state index contributed by atoms with van der Waals surface area (Å²) in [6.07, 6.45) is 1.93. The van der Waals surface area contributed by atoms with E-state index in [-0.39, 0.29) is 15.2 Å². The van der Waals surface area contributed by atoms with Gasteiger partial charge in [-0.2, -0.15) is 0 Å². The maximum Gasteiger partial charge on any atom is 0.335 e. The summed E-state index contributed by atoms with van der Waals surface area (Å²) >= 11 is 0. The Labute approximate surface area is 177 Å². The van der Waals surface area contributed by atoms with Crippen LogP contribution in [-0.4, -0.2) is 23.8 Å². The van der Waals surface area contributed by atoms with E-state index in [0.717, 1.165) is 5.56 Å². The van der Waals surface area contributed by atoms with E-state index in [1.165, 1.54) is 33.4 Å². The van der Waals surface area contributed by atoms with Gasteiger partial charge in [0.05, 0.1) is 0 Å². The molecule has 0 aromatic heterocycles. The van der Waals surface area contributed by atoms with Gasteiger partial charge in [0.15, 0.2) is 0 Å². The van der Waals surface area contributed by atoms with E-state index in [1.807, 2.05) is 6.08 Å². The maximum atomic E-state index is 9.88. The highest BCUT2D eigenvalue weighted by atomic mass is 28.4. The first kappa shape index (κ1) is 19.8. The molecule has 4 rings (SSSR count). The molecule has 2 nitrogen and oxygen atoms in total. The summed E-state index contributed by atoms with van der Waals surface area (Å²) in [4.78, 5) is 9.88. The van der Waals surface area contributed by atoms with Crippen LogP contribution >= 0.6 is 0 Å². The van der Waals surface area contributed by atoms with E-state index in [4.69, 9.17) is 4.12 Å². The van der Waals surface area contributed by atoms with Gasteiger partial charge < -0.3 is 8.91 Å². The molecule has 0 aliphatic heterocycles. The lowest BCUT2D eigenvalue weighted by molar-refractivity contribution is 0.449. The van der Waals surface area contributed by atoms with Gasteiger partial charge in [0.1, 0.15) is 0 Å². The average molecular weight is 413 g/mol. The molecule has 0 saturated carbocycles. The summed E-state index contributed by atoms with van der Waals surface area (Å²) in [6, 6.07) is 23.9. The molecule has 4 heteroatoms. The van der Waals surface area contributed by atoms with Gasteiger partial charge in [0, 0.05) is 5.41 Å². The van der Waals surface area contributed by atoms with E-state index in [9.17, 15) is 4.80 Å². The molecule has 3 aromatic carbocycles. The monoisotopic (exact) mass is 412 g/mol. The Morgan fingerprint density at radius 1 is 0.931 bits per heavy atom. The molecule has 3 aromatic rings. The van der Waals surface area contributed by atoms with E-state index in [2.05, 4.69) is 87.2 Å². The lowest BCUT2D eigenvalue weighted by Gasteiger charge is -2.22. The molecule has 1 aliphatic carbocycles. The van der Waals surface area contributed by atoms with Crippen LogP contribution in [0.1, 0.15) is 30.5 Å². The van der Waals surface area contributed by atoms with Crippen molar-refractivity contribution < 1.29 is 8.91 Å². The Kier molecular flexibility index (Phi) is 5.52. The topological polar surface area (TPSA) is 29.5 Å². The fourth-order valence-corrected chi connectivity index (χ4v) is 5.66. The van der Waals surface area contributed by atoms with Gasteiger partial charge in [-0.3, -0.25) is 0 Å². The normalized spacial score (nSPS) is 15.1. The molecule has 0 bridgehead atoms. The molecule has 144 valence electrons. The van der Waals surface area contributed by atoms with Gasteiger partial charge in [-0.25, -0.2) is 0 Å². The number of hydrogen-bond acceptors (Lipinski definition) is 2. The Morgan fingerprint density at radius 2 is 1.62 bits per heavy atom. The van der Waals surface area contributed by atoms with Crippen molar-refractivity contribution in [1.82, 2.24) is 0 Å². The van der Waals surface area contributed by atoms with Crippen molar-refractivity contribution in [1.29, 1.82) is 0 Å². The molecule has 1 aliphatic rings. The predicted octanol–water partition coefficient (Wildman–Crippen LogP) is 5.20. The molecule has 0 fully saturated rings. The molecule has 0 heterocycles. The van der Waals surface area contributed by atoms with Crippen molar-refractivity contribution in [2.75, 3.05) is 0 Å². The Balaban J connectivity index is 1.59. The zero-order chi connectivity index (χ0) is 20.4. The van der Waals surface area contributed by atoms with Crippen molar-refractivity contribution in [2.45, 2.75) is 19.3 Å². The molecular weight excluding hydrogens is 388 g/mol. The zero-order valence-electron chi connectivity index (χ0n) is 16.7. The second kappa shape index (κ2) is 8.09. The zero-order valence-corrected chi connectivity index (χ0v) is 18.9. The quantitative estimate of drug-likeness (QED) is 0.564. The van der Waals surface area contributed by atoms with Crippen molar-refractivity contribution in [3.05, 3.63) is 101 Å². The third kappa shape index (κ3) is 3.85. The highest BCUT2D eigenvalue weighted by Gasteiger charge is 2.35. The van der Waals surface area contributed by atoms with Gasteiger partial charge in [0.25, 0.3) is 0 Å². The van der Waals surface area contributed by atoms with Crippen LogP contribution in [0.3, 0.4) is 0 Å². The van der Waals surface area contributed by atoms with E-state index >= 15 is 0 Å². The molecular formula is C25H24O2Si2. The van der Waals surface area contributed by atoms with Crippen LogP contribution in [0.4, 0.5) is 0 Å². The molecule has 0 saturated heterocycles. The first-order valence-electron chi connectivity index (χ1n) is 9.74. The van der Waals surface area contributed by atoms with Crippen LogP contribution in [0, 0.1) is 0 Å². The summed E-state index contributed by atoms with van der Waals surface area (Å²) in [6.45, 7) is 8.22. The highest BCUT2D eigenvalue weighted by molar-refractivity contribution is 6.58. The Hall–Kier alpha value is -2.51. The minimum absolute atomic E-state index is 0.0114. The summed E-state index contributed by atoms with van der Waals surface area (Å²) in [5.41, 5.74) is 12.4. The number of rotatable bonds is 6. The SMILES string of the molecule is C=C[Si]O[SiH](O)/C=C/c1ccc(-c2ccc3c(c2)C(C)(C)c2ccccc2-3)cc1. The summed E-state index contributed by atoms with van der Waals surface area (Å²) in [5.74, 6) is 0. The van der Waals surface area contributed by atoms with Crippen molar-refractivity contribution in [2.24, 2.45) is 0 Å². The van der Waals surface area contributed by atoms with Gasteiger partial charge in [0.2, 0.25) is 9.76 Å². The van der Waals surface area contributed by atoms with Crippen molar-refractivity contribution in [3.63, 3.8) is 0 Å². The smallest absolute Gasteiger partial charge is 0.335 e. The first-order valence-corrected chi connectivity index (χ1v) is 12.4. The molecule has 1 atom stereocenters. The van der Waals surface area contributed by atoms with E-state index in [0.29, 0.717) is 0 Å². The van der Waals surface area contributed by atoms with Crippen LogP contribution in [0.15, 0.2) is 84.7 Å². The fourth-order valence-electron chi connectivity index (χ4n) is 4.02. The van der Waals surface area contributed by atoms with E-state index in [1.54, 1.807) is 11.4 Å². The first-order chi connectivity index (χ1) is 14.0. The van der Waals surface area contributed by atoms with Crippen molar-refractivity contribution in [3.8, 4) is 22.3 Å². The second-order valence-corrected chi connectivity index (χ2v) is 10.5. The fraction of sp³-hybridized carbons (Fsp3) is 0.120. The van der Waals surface area contributed by atoms with E-state index < -0.39 is 9.28 Å². The minimum Gasteiger partial charge on any atom is -0.432 e. The summed E-state index contributed by atoms with van der Waals surface area (Å²) in [7, 11) is -2.10. The summed E-state index contributed by atoms with van der Waals surface area (Å²) < 4.78 is 5.31.